The van der Waals surface area contributed by atoms with Crippen LogP contribution in [-0.4, -0.2) is 10.2 Å². The molecule has 0 aliphatic carbocycles. The van der Waals surface area contributed by atoms with E-state index in [9.17, 15) is 0 Å². The summed E-state index contributed by atoms with van der Waals surface area (Å²) in [7, 11) is 0. The molecule has 0 amide bonds. The van der Waals surface area contributed by atoms with Crippen LogP contribution in [-0.2, 0) is 0 Å². The number of aromatic amines is 1. The van der Waals surface area contributed by atoms with E-state index in [0.29, 0.717) is 0 Å². The van der Waals surface area contributed by atoms with Crippen molar-refractivity contribution in [1.82, 2.24) is 10.2 Å². The fourth-order valence-corrected chi connectivity index (χ4v) is 0.794. The number of halogens is 2. The van der Waals surface area contributed by atoms with Crippen molar-refractivity contribution >= 4 is 45.2 Å². The van der Waals surface area contributed by atoms with E-state index in [-0.39, 0.29) is 0 Å². The maximum absolute atomic E-state index is 3.78. The van der Waals surface area contributed by atoms with Crippen LogP contribution in [0.15, 0.2) is 6.20 Å². The quantitative estimate of drug-likeness (QED) is 0.723. The summed E-state index contributed by atoms with van der Waals surface area (Å²) in [6.45, 7) is 0. The van der Waals surface area contributed by atoms with E-state index in [1.807, 2.05) is 0 Å². The molecular formula is C3H2I2N2. The van der Waals surface area contributed by atoms with Crippen LogP contribution in [0.1, 0.15) is 0 Å². The van der Waals surface area contributed by atoms with E-state index in [4.69, 9.17) is 0 Å². The number of nitrogens with zero attached hydrogens (tertiary/aromatic N) is 1. The Balaban J connectivity index is 3.12. The van der Waals surface area contributed by atoms with Crippen LogP contribution in [0.5, 0.6) is 0 Å². The molecule has 38 valence electrons. The highest BCUT2D eigenvalue weighted by Crippen LogP contribution is 2.08. The van der Waals surface area contributed by atoms with Crippen LogP contribution in [0, 0.1) is 7.27 Å². The van der Waals surface area contributed by atoms with E-state index < -0.39 is 0 Å². The second-order valence-electron chi connectivity index (χ2n) is 1.03. The highest BCUT2D eigenvalue weighted by molar-refractivity contribution is 14.1. The molecule has 1 aromatic rings. The molecule has 0 bridgehead atoms. The van der Waals surface area contributed by atoms with Crippen LogP contribution >= 0.6 is 45.2 Å². The van der Waals surface area contributed by atoms with E-state index in [0.717, 1.165) is 3.70 Å². The monoisotopic (exact) mass is 320 g/mol. The van der Waals surface area contributed by atoms with Gasteiger partial charge in [-0.1, -0.05) is 0 Å². The number of H-pyrrole nitrogens is 1. The molecule has 0 fully saturated rings. The van der Waals surface area contributed by atoms with Crippen LogP contribution in [0.25, 0.3) is 0 Å². The van der Waals surface area contributed by atoms with Crippen LogP contribution in [0.4, 0.5) is 0 Å². The summed E-state index contributed by atoms with van der Waals surface area (Å²) in [6, 6.07) is 0. The van der Waals surface area contributed by atoms with Gasteiger partial charge in [-0.25, -0.2) is 0 Å². The molecule has 0 spiro atoms. The predicted molar refractivity (Wildman–Crippen MR) is 44.0 cm³/mol. The summed E-state index contributed by atoms with van der Waals surface area (Å²) in [4.78, 5) is 0. The van der Waals surface area contributed by atoms with Crippen LogP contribution in [0.2, 0.25) is 0 Å². The summed E-state index contributed by atoms with van der Waals surface area (Å²) >= 11 is 4.41. The molecule has 0 saturated heterocycles. The minimum absolute atomic E-state index is 1.11. The molecule has 1 N–H and O–H groups in total. The molecule has 1 rings (SSSR count). The average molecular weight is 320 g/mol. The van der Waals surface area contributed by atoms with Crippen molar-refractivity contribution in [2.75, 3.05) is 0 Å². The van der Waals surface area contributed by atoms with Gasteiger partial charge in [0.25, 0.3) is 0 Å². The zero-order valence-electron chi connectivity index (χ0n) is 3.28. The molecule has 0 radical (unpaired) electrons. The maximum Gasteiger partial charge on any atom is 0.109 e. The zero-order chi connectivity index (χ0) is 5.28. The number of hydrogen-bond acceptors (Lipinski definition) is 1. The Hall–Kier alpha value is 0.670. The average Bonchev–Trinajstić information content (AvgIpc) is 1.91. The van der Waals surface area contributed by atoms with Crippen molar-refractivity contribution in [2.45, 2.75) is 0 Å². The number of rotatable bonds is 0. The molecule has 0 aliphatic rings. The highest BCUT2D eigenvalue weighted by atomic mass is 127. The molecule has 4 heteroatoms. The zero-order valence-corrected chi connectivity index (χ0v) is 7.60. The van der Waals surface area contributed by atoms with E-state index in [1.54, 1.807) is 6.20 Å². The topological polar surface area (TPSA) is 28.7 Å². The fraction of sp³-hybridized carbons (Fsp3) is 0. The Morgan fingerprint density at radius 2 is 2.29 bits per heavy atom. The lowest BCUT2D eigenvalue weighted by atomic mass is 10.8. The Bertz CT molecular complexity index is 143. The summed E-state index contributed by atoms with van der Waals surface area (Å²) in [6.07, 6.45) is 1.79. The summed E-state index contributed by atoms with van der Waals surface area (Å²) in [5.41, 5.74) is 0. The maximum atomic E-state index is 3.78. The number of nitrogens with one attached hydrogen (secondary N) is 1. The highest BCUT2D eigenvalue weighted by Gasteiger charge is 1.91. The van der Waals surface area contributed by atoms with Crippen molar-refractivity contribution in [3.63, 3.8) is 0 Å². The molecular weight excluding hydrogens is 318 g/mol. The van der Waals surface area contributed by atoms with Gasteiger partial charge in [0.2, 0.25) is 0 Å². The first kappa shape index (κ1) is 5.80. The summed E-state index contributed by atoms with van der Waals surface area (Å²) in [5.74, 6) is 0. The number of hydrogen-bond donors (Lipinski definition) is 1. The molecule has 0 aromatic carbocycles. The minimum atomic E-state index is 1.11. The molecule has 2 nitrogen and oxygen atoms in total. The largest absolute Gasteiger partial charge is 0.271 e. The molecule has 0 saturated carbocycles. The van der Waals surface area contributed by atoms with Gasteiger partial charge in [0, 0.05) is 0 Å². The predicted octanol–water partition coefficient (Wildman–Crippen LogP) is 1.62. The normalized spacial score (nSPS) is 9.43. The Kier molecular flexibility index (Phi) is 1.90. The van der Waals surface area contributed by atoms with Gasteiger partial charge in [-0.3, -0.25) is 5.10 Å². The van der Waals surface area contributed by atoms with Gasteiger partial charge >= 0.3 is 0 Å². The van der Waals surface area contributed by atoms with Crippen LogP contribution in [0.3, 0.4) is 0 Å². The van der Waals surface area contributed by atoms with Crippen LogP contribution < -0.4 is 0 Å². The summed E-state index contributed by atoms with van der Waals surface area (Å²) in [5, 5.41) is 6.58. The SMILES string of the molecule is Ic1cn[nH]c1I. The smallest absolute Gasteiger partial charge is 0.109 e. The van der Waals surface area contributed by atoms with Crippen molar-refractivity contribution < 1.29 is 0 Å². The third-order valence-electron chi connectivity index (χ3n) is 0.550. The molecule has 1 aromatic heterocycles. The van der Waals surface area contributed by atoms with Crippen molar-refractivity contribution in [1.29, 1.82) is 0 Å². The first-order chi connectivity index (χ1) is 3.30. The van der Waals surface area contributed by atoms with Gasteiger partial charge in [-0.05, 0) is 45.2 Å². The first-order valence-electron chi connectivity index (χ1n) is 1.65. The van der Waals surface area contributed by atoms with Gasteiger partial charge in [0.15, 0.2) is 0 Å². The van der Waals surface area contributed by atoms with E-state index in [2.05, 4.69) is 55.4 Å². The van der Waals surface area contributed by atoms with Gasteiger partial charge in [0.05, 0.1) is 9.77 Å². The van der Waals surface area contributed by atoms with Crippen molar-refractivity contribution in [2.24, 2.45) is 0 Å². The molecule has 0 unspecified atom stereocenters. The second kappa shape index (κ2) is 2.29. The number of aromatic nitrogens is 2. The van der Waals surface area contributed by atoms with Gasteiger partial charge in [-0.15, -0.1) is 0 Å². The Morgan fingerprint density at radius 1 is 1.57 bits per heavy atom. The van der Waals surface area contributed by atoms with Gasteiger partial charge in [-0.2, -0.15) is 5.10 Å². The van der Waals surface area contributed by atoms with Crippen molar-refractivity contribution in [3.8, 4) is 0 Å². The van der Waals surface area contributed by atoms with E-state index >= 15 is 0 Å². The standard InChI is InChI=1S/C3H2I2N2/c4-2-1-6-7-3(2)5/h1H,(H,6,7). The third-order valence-corrected chi connectivity index (χ3v) is 3.22. The second-order valence-corrected chi connectivity index (χ2v) is 3.27. The Morgan fingerprint density at radius 3 is 2.43 bits per heavy atom. The first-order valence-corrected chi connectivity index (χ1v) is 3.81. The lowest BCUT2D eigenvalue weighted by molar-refractivity contribution is 1.07. The fourth-order valence-electron chi connectivity index (χ4n) is 0.256. The Labute approximate surface area is 68.4 Å². The minimum Gasteiger partial charge on any atom is -0.271 e. The molecule has 1 heterocycles. The van der Waals surface area contributed by atoms with Gasteiger partial charge in [0.1, 0.15) is 3.70 Å². The molecule has 7 heavy (non-hydrogen) atoms. The lowest BCUT2D eigenvalue weighted by Crippen LogP contribution is -1.68. The van der Waals surface area contributed by atoms with Crippen molar-refractivity contribution in [3.05, 3.63) is 13.5 Å². The van der Waals surface area contributed by atoms with E-state index in [1.165, 1.54) is 3.57 Å². The summed E-state index contributed by atoms with van der Waals surface area (Å²) < 4.78 is 2.29. The lowest BCUT2D eigenvalue weighted by Gasteiger charge is -1.74. The third kappa shape index (κ3) is 1.28. The molecule has 0 atom stereocenters. The molecule has 0 aliphatic heterocycles. The van der Waals surface area contributed by atoms with Gasteiger partial charge < -0.3 is 0 Å².